The minimum Gasteiger partial charge on any atom is -0.353 e. The van der Waals surface area contributed by atoms with Gasteiger partial charge in [-0.1, -0.05) is 30.3 Å². The van der Waals surface area contributed by atoms with Crippen molar-refractivity contribution in [2.24, 2.45) is 0 Å². The molecule has 2 aromatic heterocycles. The highest BCUT2D eigenvalue weighted by Gasteiger charge is 2.28. The fraction of sp³-hybridized carbons (Fsp3) is 0.440. The molecule has 0 N–H and O–H groups in total. The van der Waals surface area contributed by atoms with Gasteiger partial charge in [0.05, 0.1) is 11.9 Å². The molecule has 0 saturated carbocycles. The summed E-state index contributed by atoms with van der Waals surface area (Å²) in [5, 5.41) is 2.44. The Balaban J connectivity index is 1.36. The molecule has 0 unspecified atom stereocenters. The molecule has 2 saturated heterocycles. The first-order valence-electron chi connectivity index (χ1n) is 11.9. The average molecular weight is 498 g/mol. The van der Waals surface area contributed by atoms with Crippen molar-refractivity contribution < 1.29 is 8.42 Å². The number of thiophene rings is 1. The van der Waals surface area contributed by atoms with E-state index in [1.165, 1.54) is 28.7 Å². The molecule has 0 amide bonds. The van der Waals surface area contributed by atoms with Crippen molar-refractivity contribution in [3.8, 4) is 0 Å². The van der Waals surface area contributed by atoms with Crippen LogP contribution < -0.4 is 4.90 Å². The van der Waals surface area contributed by atoms with Crippen molar-refractivity contribution in [2.45, 2.75) is 33.2 Å². The van der Waals surface area contributed by atoms with Crippen LogP contribution in [0.5, 0.6) is 0 Å². The molecule has 34 heavy (non-hydrogen) atoms. The Kier molecular flexibility index (Phi) is 6.70. The summed E-state index contributed by atoms with van der Waals surface area (Å²) in [7, 11) is -3.47. The van der Waals surface area contributed by atoms with Crippen LogP contribution in [0.3, 0.4) is 0 Å². The molecule has 3 aromatic rings. The lowest BCUT2D eigenvalue weighted by atomic mass is 10.2. The summed E-state index contributed by atoms with van der Waals surface area (Å²) in [4.78, 5) is 16.9. The van der Waals surface area contributed by atoms with Crippen LogP contribution in [0, 0.1) is 13.8 Å². The number of piperazine rings is 1. The molecule has 180 valence electrons. The first-order valence-corrected chi connectivity index (χ1v) is 14.2. The molecule has 0 spiro atoms. The number of sulfonamides is 1. The van der Waals surface area contributed by atoms with E-state index < -0.39 is 10.0 Å². The monoisotopic (exact) mass is 497 g/mol. The smallest absolute Gasteiger partial charge is 0.236 e. The molecule has 1 aromatic carbocycles. The van der Waals surface area contributed by atoms with Crippen molar-refractivity contribution in [3.63, 3.8) is 0 Å². The SMILES string of the molecule is Cc1sc2nc(CN3CCCC3)nc(N3CCN(S(=O)(=O)C=Cc4ccccc4)CC3)c2c1C. The third-order valence-corrected chi connectivity index (χ3v) is 9.42. The molecule has 7 nitrogen and oxygen atoms in total. The topological polar surface area (TPSA) is 69.6 Å². The van der Waals surface area contributed by atoms with Crippen LogP contribution >= 0.6 is 11.3 Å². The lowest BCUT2D eigenvalue weighted by Gasteiger charge is -2.34. The highest BCUT2D eigenvalue weighted by Crippen LogP contribution is 2.35. The molecule has 4 heterocycles. The zero-order valence-electron chi connectivity index (χ0n) is 19.8. The van der Waals surface area contributed by atoms with E-state index in [4.69, 9.17) is 9.97 Å². The van der Waals surface area contributed by atoms with Gasteiger partial charge in [0.25, 0.3) is 0 Å². The third-order valence-electron chi connectivity index (χ3n) is 6.75. The van der Waals surface area contributed by atoms with E-state index in [1.54, 1.807) is 21.7 Å². The number of hydrogen-bond acceptors (Lipinski definition) is 7. The van der Waals surface area contributed by atoms with E-state index in [0.717, 1.165) is 47.1 Å². The van der Waals surface area contributed by atoms with Gasteiger partial charge in [0.15, 0.2) is 0 Å². The Labute approximate surface area is 205 Å². The predicted octanol–water partition coefficient (Wildman–Crippen LogP) is 4.03. The highest BCUT2D eigenvalue weighted by molar-refractivity contribution is 7.92. The van der Waals surface area contributed by atoms with Gasteiger partial charge >= 0.3 is 0 Å². The summed E-state index contributed by atoms with van der Waals surface area (Å²) in [6.07, 6.45) is 4.14. The highest BCUT2D eigenvalue weighted by atomic mass is 32.2. The van der Waals surface area contributed by atoms with Crippen LogP contribution in [-0.2, 0) is 16.6 Å². The normalized spacial score (nSPS) is 18.5. The Morgan fingerprint density at radius 2 is 1.68 bits per heavy atom. The van der Waals surface area contributed by atoms with E-state index in [2.05, 4.69) is 23.6 Å². The summed E-state index contributed by atoms with van der Waals surface area (Å²) in [5.41, 5.74) is 2.10. The van der Waals surface area contributed by atoms with Gasteiger partial charge in [0, 0.05) is 36.5 Å². The standard InChI is InChI=1S/C25H31N5O2S2/c1-19-20(2)33-25-23(19)24(26-22(27-25)18-28-11-6-7-12-28)29-13-15-30(16-14-29)34(31,32)17-10-21-8-4-3-5-9-21/h3-5,8-10,17H,6-7,11-16,18H2,1-2H3. The molecule has 0 aliphatic carbocycles. The van der Waals surface area contributed by atoms with Gasteiger partial charge in [-0.25, -0.2) is 18.4 Å². The average Bonchev–Trinajstić information content (AvgIpc) is 3.45. The Morgan fingerprint density at radius 3 is 2.38 bits per heavy atom. The van der Waals surface area contributed by atoms with Crippen molar-refractivity contribution in [2.75, 3.05) is 44.2 Å². The van der Waals surface area contributed by atoms with Crippen molar-refractivity contribution in [1.29, 1.82) is 0 Å². The Morgan fingerprint density at radius 1 is 0.971 bits per heavy atom. The lowest BCUT2D eigenvalue weighted by molar-refractivity contribution is 0.322. The number of anilines is 1. The summed E-state index contributed by atoms with van der Waals surface area (Å²) in [5.74, 6) is 1.82. The molecular weight excluding hydrogens is 466 g/mol. The Hall–Kier alpha value is -2.33. The maximum absolute atomic E-state index is 12.9. The lowest BCUT2D eigenvalue weighted by Crippen LogP contribution is -2.48. The summed E-state index contributed by atoms with van der Waals surface area (Å²) < 4.78 is 27.4. The number of fused-ring (bicyclic) bond motifs is 1. The maximum atomic E-state index is 12.9. The number of nitrogens with zero attached hydrogens (tertiary/aromatic N) is 5. The number of likely N-dealkylation sites (tertiary alicyclic amines) is 1. The number of benzene rings is 1. The predicted molar refractivity (Wildman–Crippen MR) is 140 cm³/mol. The first-order chi connectivity index (χ1) is 16.4. The fourth-order valence-electron chi connectivity index (χ4n) is 4.68. The Bertz CT molecular complexity index is 1290. The van der Waals surface area contributed by atoms with Crippen LogP contribution in [0.25, 0.3) is 16.3 Å². The van der Waals surface area contributed by atoms with Gasteiger partial charge in [-0.2, -0.15) is 4.31 Å². The largest absolute Gasteiger partial charge is 0.353 e. The van der Waals surface area contributed by atoms with Crippen molar-refractivity contribution in [1.82, 2.24) is 19.2 Å². The second kappa shape index (κ2) is 9.73. The molecule has 9 heteroatoms. The molecule has 0 bridgehead atoms. The van der Waals surface area contributed by atoms with Gasteiger partial charge in [0.2, 0.25) is 10.0 Å². The van der Waals surface area contributed by atoms with Crippen LogP contribution in [0.4, 0.5) is 5.82 Å². The fourth-order valence-corrected chi connectivity index (χ4v) is 6.90. The number of aromatic nitrogens is 2. The van der Waals surface area contributed by atoms with E-state index in [-0.39, 0.29) is 0 Å². The van der Waals surface area contributed by atoms with E-state index in [9.17, 15) is 8.42 Å². The van der Waals surface area contributed by atoms with Crippen molar-refractivity contribution in [3.05, 3.63) is 57.6 Å². The third kappa shape index (κ3) is 4.88. The van der Waals surface area contributed by atoms with E-state index in [1.807, 2.05) is 30.3 Å². The molecule has 2 aliphatic rings. The number of rotatable bonds is 6. The molecule has 0 atom stereocenters. The van der Waals surface area contributed by atoms with Gasteiger partial charge < -0.3 is 4.90 Å². The molecular formula is C25H31N5O2S2. The molecule has 2 aliphatic heterocycles. The maximum Gasteiger partial charge on any atom is 0.236 e. The minimum atomic E-state index is -3.47. The van der Waals surface area contributed by atoms with Gasteiger partial charge in [-0.3, -0.25) is 4.90 Å². The molecule has 2 fully saturated rings. The molecule has 5 rings (SSSR count). The minimum absolute atomic E-state index is 0.441. The van der Waals surface area contributed by atoms with Gasteiger partial charge in [-0.05, 0) is 57.0 Å². The van der Waals surface area contributed by atoms with Gasteiger partial charge in [0.1, 0.15) is 16.5 Å². The van der Waals surface area contributed by atoms with Crippen LogP contribution in [0.15, 0.2) is 35.7 Å². The molecule has 0 radical (unpaired) electrons. The van der Waals surface area contributed by atoms with Gasteiger partial charge in [-0.15, -0.1) is 11.3 Å². The van der Waals surface area contributed by atoms with E-state index in [0.29, 0.717) is 26.2 Å². The van der Waals surface area contributed by atoms with Crippen LogP contribution in [0.2, 0.25) is 0 Å². The summed E-state index contributed by atoms with van der Waals surface area (Å²) in [6.45, 7) is 9.36. The van der Waals surface area contributed by atoms with Crippen LogP contribution in [-0.4, -0.2) is 66.9 Å². The quantitative estimate of drug-likeness (QED) is 0.512. The zero-order chi connectivity index (χ0) is 23.7. The number of aryl methyl sites for hydroxylation is 2. The van der Waals surface area contributed by atoms with Crippen molar-refractivity contribution >= 4 is 43.5 Å². The zero-order valence-corrected chi connectivity index (χ0v) is 21.4. The summed E-state index contributed by atoms with van der Waals surface area (Å²) >= 11 is 1.73. The second-order valence-electron chi connectivity index (χ2n) is 9.05. The summed E-state index contributed by atoms with van der Waals surface area (Å²) in [6, 6.07) is 9.52. The second-order valence-corrected chi connectivity index (χ2v) is 12.1. The first kappa shape index (κ1) is 23.4. The van der Waals surface area contributed by atoms with Crippen LogP contribution in [0.1, 0.15) is 34.7 Å². The van der Waals surface area contributed by atoms with E-state index >= 15 is 0 Å². The number of hydrogen-bond donors (Lipinski definition) is 0.